The minimum atomic E-state index is 0.332. The van der Waals surface area contributed by atoms with Gasteiger partial charge in [-0.2, -0.15) is 0 Å². The summed E-state index contributed by atoms with van der Waals surface area (Å²) in [7, 11) is 0. The normalized spacial score (nSPS) is 13.1. The van der Waals surface area contributed by atoms with Crippen LogP contribution in [-0.2, 0) is 6.54 Å². The van der Waals surface area contributed by atoms with Gasteiger partial charge in [0.1, 0.15) is 0 Å². The molecule has 0 aliphatic carbocycles. The molecule has 0 bridgehead atoms. The van der Waals surface area contributed by atoms with E-state index in [1.54, 1.807) is 0 Å². The van der Waals surface area contributed by atoms with E-state index in [0.717, 1.165) is 31.0 Å². The molecule has 3 nitrogen and oxygen atoms in total. The van der Waals surface area contributed by atoms with Gasteiger partial charge >= 0.3 is 0 Å². The maximum atomic E-state index is 5.58. The Morgan fingerprint density at radius 3 is 3.00 bits per heavy atom. The molecule has 0 amide bonds. The summed E-state index contributed by atoms with van der Waals surface area (Å²) in [6, 6.07) is 6.00. The third-order valence-electron chi connectivity index (χ3n) is 2.25. The molecular weight excluding hydrogens is 214 g/mol. The highest BCUT2D eigenvalue weighted by Crippen LogP contribution is 2.32. The van der Waals surface area contributed by atoms with Crippen molar-refractivity contribution in [1.82, 2.24) is 5.32 Å². The Morgan fingerprint density at radius 1 is 1.27 bits per heavy atom. The van der Waals surface area contributed by atoms with Crippen LogP contribution in [0.25, 0.3) is 0 Å². The maximum Gasteiger partial charge on any atom is 0.231 e. The summed E-state index contributed by atoms with van der Waals surface area (Å²) in [6.07, 6.45) is 0.992. The summed E-state index contributed by atoms with van der Waals surface area (Å²) >= 11 is 5.58. The van der Waals surface area contributed by atoms with Crippen molar-refractivity contribution >= 4 is 11.6 Å². The summed E-state index contributed by atoms with van der Waals surface area (Å²) < 4.78 is 10.5. The summed E-state index contributed by atoms with van der Waals surface area (Å²) in [5, 5.41) is 3.31. The predicted octanol–water partition coefficient (Wildman–Crippen LogP) is 2.13. The van der Waals surface area contributed by atoms with Crippen molar-refractivity contribution in [2.24, 2.45) is 0 Å². The molecule has 0 aromatic heterocycles. The molecule has 0 radical (unpaired) electrons. The second-order valence-electron chi connectivity index (χ2n) is 3.41. The average molecular weight is 228 g/mol. The number of halogens is 1. The minimum Gasteiger partial charge on any atom is -0.454 e. The average Bonchev–Trinajstić information content (AvgIpc) is 2.71. The first-order chi connectivity index (χ1) is 7.40. The van der Waals surface area contributed by atoms with Crippen molar-refractivity contribution in [3.63, 3.8) is 0 Å². The van der Waals surface area contributed by atoms with Crippen LogP contribution in [0.3, 0.4) is 0 Å². The minimum absolute atomic E-state index is 0.332. The number of fused-ring (bicyclic) bond motifs is 1. The van der Waals surface area contributed by atoms with Crippen molar-refractivity contribution in [1.29, 1.82) is 0 Å². The van der Waals surface area contributed by atoms with E-state index in [1.807, 2.05) is 18.2 Å². The molecular formula is C11H14ClNO2. The molecule has 0 atom stereocenters. The largest absolute Gasteiger partial charge is 0.454 e. The lowest BCUT2D eigenvalue weighted by Crippen LogP contribution is -2.14. The molecule has 1 heterocycles. The van der Waals surface area contributed by atoms with Crippen molar-refractivity contribution in [3.8, 4) is 11.5 Å². The Hall–Kier alpha value is -0.930. The van der Waals surface area contributed by atoms with Crippen molar-refractivity contribution < 1.29 is 9.47 Å². The molecule has 2 rings (SSSR count). The van der Waals surface area contributed by atoms with Gasteiger partial charge in [0.25, 0.3) is 0 Å². The Bertz CT molecular complexity index is 330. The number of alkyl halides is 1. The van der Waals surface area contributed by atoms with Gasteiger partial charge in [-0.25, -0.2) is 0 Å². The fourth-order valence-electron chi connectivity index (χ4n) is 1.48. The molecule has 1 aromatic rings. The van der Waals surface area contributed by atoms with Gasteiger partial charge < -0.3 is 14.8 Å². The van der Waals surface area contributed by atoms with Gasteiger partial charge in [0, 0.05) is 12.4 Å². The van der Waals surface area contributed by atoms with Gasteiger partial charge in [-0.3, -0.25) is 0 Å². The van der Waals surface area contributed by atoms with E-state index in [2.05, 4.69) is 5.32 Å². The lowest BCUT2D eigenvalue weighted by atomic mass is 10.2. The lowest BCUT2D eigenvalue weighted by molar-refractivity contribution is 0.174. The van der Waals surface area contributed by atoms with Crippen LogP contribution >= 0.6 is 11.6 Å². The second kappa shape index (κ2) is 5.24. The molecule has 4 heteroatoms. The summed E-state index contributed by atoms with van der Waals surface area (Å²) in [5.41, 5.74) is 1.20. The SMILES string of the molecule is ClCCCNCc1ccc2c(c1)OCO2. The molecule has 0 unspecified atom stereocenters. The van der Waals surface area contributed by atoms with Crippen LogP contribution in [-0.4, -0.2) is 19.2 Å². The number of hydrogen-bond donors (Lipinski definition) is 1. The summed E-state index contributed by atoms with van der Waals surface area (Å²) in [6.45, 7) is 2.12. The Morgan fingerprint density at radius 2 is 2.13 bits per heavy atom. The molecule has 82 valence electrons. The van der Waals surface area contributed by atoms with Gasteiger partial charge in [-0.1, -0.05) is 6.07 Å². The van der Waals surface area contributed by atoms with Crippen LogP contribution in [0.4, 0.5) is 0 Å². The number of nitrogens with one attached hydrogen (secondary N) is 1. The van der Waals surface area contributed by atoms with Crippen molar-refractivity contribution in [3.05, 3.63) is 23.8 Å². The third kappa shape index (κ3) is 2.76. The highest BCUT2D eigenvalue weighted by atomic mass is 35.5. The lowest BCUT2D eigenvalue weighted by Gasteiger charge is -2.04. The molecule has 0 saturated heterocycles. The zero-order valence-electron chi connectivity index (χ0n) is 8.46. The third-order valence-corrected chi connectivity index (χ3v) is 2.52. The van der Waals surface area contributed by atoms with E-state index < -0.39 is 0 Å². The molecule has 0 saturated carbocycles. The smallest absolute Gasteiger partial charge is 0.231 e. The molecule has 0 fully saturated rings. The monoisotopic (exact) mass is 227 g/mol. The van der Waals surface area contributed by atoms with E-state index in [0.29, 0.717) is 12.7 Å². The van der Waals surface area contributed by atoms with Crippen LogP contribution in [0, 0.1) is 0 Å². The quantitative estimate of drug-likeness (QED) is 0.618. The number of rotatable bonds is 5. The number of ether oxygens (including phenoxy) is 2. The van der Waals surface area contributed by atoms with Gasteiger partial charge in [-0.05, 0) is 30.7 Å². The van der Waals surface area contributed by atoms with E-state index in [1.165, 1.54) is 5.56 Å². The van der Waals surface area contributed by atoms with Crippen LogP contribution < -0.4 is 14.8 Å². The Labute approximate surface area is 94.3 Å². The molecule has 1 N–H and O–H groups in total. The Kier molecular flexibility index (Phi) is 3.69. The molecule has 1 aliphatic heterocycles. The number of hydrogen-bond acceptors (Lipinski definition) is 3. The van der Waals surface area contributed by atoms with Gasteiger partial charge in [0.05, 0.1) is 0 Å². The van der Waals surface area contributed by atoms with E-state index in [4.69, 9.17) is 21.1 Å². The first-order valence-electron chi connectivity index (χ1n) is 5.05. The van der Waals surface area contributed by atoms with Crippen LogP contribution in [0.5, 0.6) is 11.5 Å². The van der Waals surface area contributed by atoms with Crippen LogP contribution in [0.15, 0.2) is 18.2 Å². The standard InChI is InChI=1S/C11H14ClNO2/c12-4-1-5-13-7-9-2-3-10-11(6-9)15-8-14-10/h2-3,6,13H,1,4-5,7-8H2. The van der Waals surface area contributed by atoms with Gasteiger partial charge in [0.15, 0.2) is 11.5 Å². The maximum absolute atomic E-state index is 5.58. The van der Waals surface area contributed by atoms with E-state index in [9.17, 15) is 0 Å². The highest BCUT2D eigenvalue weighted by Gasteiger charge is 2.12. The summed E-state index contributed by atoms with van der Waals surface area (Å²) in [5.74, 6) is 2.37. The molecule has 0 spiro atoms. The molecule has 15 heavy (non-hydrogen) atoms. The fraction of sp³-hybridized carbons (Fsp3) is 0.455. The van der Waals surface area contributed by atoms with Crippen LogP contribution in [0.2, 0.25) is 0 Å². The Balaban J connectivity index is 1.87. The van der Waals surface area contributed by atoms with Gasteiger partial charge in [0.2, 0.25) is 6.79 Å². The first kappa shape index (κ1) is 10.6. The van der Waals surface area contributed by atoms with E-state index in [-0.39, 0.29) is 0 Å². The van der Waals surface area contributed by atoms with E-state index >= 15 is 0 Å². The molecule has 1 aromatic carbocycles. The van der Waals surface area contributed by atoms with Crippen LogP contribution in [0.1, 0.15) is 12.0 Å². The highest BCUT2D eigenvalue weighted by molar-refractivity contribution is 6.17. The zero-order chi connectivity index (χ0) is 10.5. The summed E-state index contributed by atoms with van der Waals surface area (Å²) in [4.78, 5) is 0. The van der Waals surface area contributed by atoms with Crippen molar-refractivity contribution in [2.45, 2.75) is 13.0 Å². The number of benzene rings is 1. The second-order valence-corrected chi connectivity index (χ2v) is 3.78. The predicted molar refractivity (Wildman–Crippen MR) is 59.6 cm³/mol. The van der Waals surface area contributed by atoms with Crippen molar-refractivity contribution in [2.75, 3.05) is 19.2 Å². The zero-order valence-corrected chi connectivity index (χ0v) is 9.22. The first-order valence-corrected chi connectivity index (χ1v) is 5.59. The van der Waals surface area contributed by atoms with Gasteiger partial charge in [-0.15, -0.1) is 11.6 Å². The fourth-order valence-corrected chi connectivity index (χ4v) is 1.61. The molecule has 1 aliphatic rings. The topological polar surface area (TPSA) is 30.5 Å².